The Morgan fingerprint density at radius 3 is 2.63 bits per heavy atom. The minimum absolute atomic E-state index is 0.160. The summed E-state index contributed by atoms with van der Waals surface area (Å²) in [6.07, 6.45) is 0. The molecule has 1 aromatic carbocycles. The SMILES string of the molecule is CC(NC(=O)c1cccc(Cl)n1)c1cccc(Cl)c1. The lowest BCUT2D eigenvalue weighted by Crippen LogP contribution is -2.27. The van der Waals surface area contributed by atoms with E-state index in [2.05, 4.69) is 10.3 Å². The fourth-order valence-corrected chi connectivity index (χ4v) is 2.03. The molecule has 0 saturated heterocycles. The third-order valence-electron chi connectivity index (χ3n) is 2.64. The number of hydrogen-bond donors (Lipinski definition) is 1. The largest absolute Gasteiger partial charge is 0.344 e. The first-order valence-electron chi connectivity index (χ1n) is 5.75. The maximum absolute atomic E-state index is 12.0. The second-order valence-corrected chi connectivity index (χ2v) is 4.92. The minimum Gasteiger partial charge on any atom is -0.344 e. The standard InChI is InChI=1S/C14H12Cl2N2O/c1-9(10-4-2-5-11(15)8-10)17-14(19)12-6-3-7-13(16)18-12/h2-9H,1H3,(H,17,19). The fraction of sp³-hybridized carbons (Fsp3) is 0.143. The first-order valence-corrected chi connectivity index (χ1v) is 6.51. The van der Waals surface area contributed by atoms with E-state index in [1.54, 1.807) is 24.3 Å². The molecular formula is C14H12Cl2N2O. The van der Waals surface area contributed by atoms with E-state index in [1.807, 2.05) is 25.1 Å². The van der Waals surface area contributed by atoms with Gasteiger partial charge in [0.2, 0.25) is 0 Å². The topological polar surface area (TPSA) is 42.0 Å². The highest BCUT2D eigenvalue weighted by Crippen LogP contribution is 2.17. The van der Waals surface area contributed by atoms with Crippen LogP contribution in [0.1, 0.15) is 29.0 Å². The van der Waals surface area contributed by atoms with E-state index in [4.69, 9.17) is 23.2 Å². The Balaban J connectivity index is 2.11. The number of carbonyl (C=O) groups excluding carboxylic acids is 1. The number of hydrogen-bond acceptors (Lipinski definition) is 2. The Hall–Kier alpha value is -1.58. The number of nitrogens with zero attached hydrogens (tertiary/aromatic N) is 1. The summed E-state index contributed by atoms with van der Waals surface area (Å²) in [5.41, 5.74) is 1.23. The van der Waals surface area contributed by atoms with Crippen LogP contribution in [0.4, 0.5) is 0 Å². The third kappa shape index (κ3) is 3.69. The van der Waals surface area contributed by atoms with Crippen LogP contribution in [0, 0.1) is 0 Å². The molecule has 5 heteroatoms. The molecule has 2 rings (SSSR count). The number of carbonyl (C=O) groups is 1. The smallest absolute Gasteiger partial charge is 0.270 e. The Bertz CT molecular complexity index is 602. The van der Waals surface area contributed by atoms with Crippen LogP contribution in [-0.2, 0) is 0 Å². The number of benzene rings is 1. The zero-order chi connectivity index (χ0) is 13.8. The lowest BCUT2D eigenvalue weighted by molar-refractivity contribution is 0.0935. The maximum Gasteiger partial charge on any atom is 0.270 e. The molecule has 19 heavy (non-hydrogen) atoms. The number of rotatable bonds is 3. The van der Waals surface area contributed by atoms with Crippen molar-refractivity contribution in [3.63, 3.8) is 0 Å². The lowest BCUT2D eigenvalue weighted by atomic mass is 10.1. The molecule has 1 heterocycles. The van der Waals surface area contributed by atoms with Crippen LogP contribution in [0.3, 0.4) is 0 Å². The molecule has 1 unspecified atom stereocenters. The highest BCUT2D eigenvalue weighted by molar-refractivity contribution is 6.30. The molecule has 0 aliphatic carbocycles. The van der Waals surface area contributed by atoms with Crippen molar-refractivity contribution in [2.24, 2.45) is 0 Å². The molecule has 1 atom stereocenters. The zero-order valence-corrected chi connectivity index (χ0v) is 11.7. The van der Waals surface area contributed by atoms with Crippen molar-refractivity contribution in [3.8, 4) is 0 Å². The second-order valence-electron chi connectivity index (χ2n) is 4.10. The molecular weight excluding hydrogens is 283 g/mol. The van der Waals surface area contributed by atoms with E-state index in [-0.39, 0.29) is 11.9 Å². The third-order valence-corrected chi connectivity index (χ3v) is 3.09. The van der Waals surface area contributed by atoms with Crippen LogP contribution in [0.2, 0.25) is 10.2 Å². The number of pyridine rings is 1. The second kappa shape index (κ2) is 6.04. The summed E-state index contributed by atoms with van der Waals surface area (Å²) in [6.45, 7) is 1.88. The molecule has 0 saturated carbocycles. The lowest BCUT2D eigenvalue weighted by Gasteiger charge is -2.14. The Labute approximate surface area is 121 Å². The summed E-state index contributed by atoms with van der Waals surface area (Å²) in [6, 6.07) is 12.1. The van der Waals surface area contributed by atoms with Gasteiger partial charge in [-0.05, 0) is 36.8 Å². The Morgan fingerprint density at radius 2 is 1.95 bits per heavy atom. The van der Waals surface area contributed by atoms with Gasteiger partial charge in [-0.25, -0.2) is 4.98 Å². The van der Waals surface area contributed by atoms with E-state index >= 15 is 0 Å². The van der Waals surface area contributed by atoms with Crippen molar-refractivity contribution in [2.45, 2.75) is 13.0 Å². The molecule has 0 spiro atoms. The van der Waals surface area contributed by atoms with Gasteiger partial charge < -0.3 is 5.32 Å². The molecule has 2 aromatic rings. The van der Waals surface area contributed by atoms with Gasteiger partial charge in [0.1, 0.15) is 10.8 Å². The quantitative estimate of drug-likeness (QED) is 0.873. The summed E-state index contributed by atoms with van der Waals surface area (Å²) in [4.78, 5) is 16.0. The highest BCUT2D eigenvalue weighted by Gasteiger charge is 2.12. The molecule has 1 amide bonds. The van der Waals surface area contributed by atoms with Crippen LogP contribution >= 0.6 is 23.2 Å². The molecule has 0 aliphatic heterocycles. The van der Waals surface area contributed by atoms with Crippen LogP contribution in [-0.4, -0.2) is 10.9 Å². The summed E-state index contributed by atoms with van der Waals surface area (Å²) in [7, 11) is 0. The van der Waals surface area contributed by atoms with Crippen LogP contribution < -0.4 is 5.32 Å². The van der Waals surface area contributed by atoms with Crippen molar-refractivity contribution < 1.29 is 4.79 Å². The van der Waals surface area contributed by atoms with Gasteiger partial charge in [0.05, 0.1) is 6.04 Å². The predicted molar refractivity (Wildman–Crippen MR) is 76.6 cm³/mol. The summed E-state index contributed by atoms with van der Waals surface area (Å²) >= 11 is 11.7. The monoisotopic (exact) mass is 294 g/mol. The summed E-state index contributed by atoms with van der Waals surface area (Å²) in [5, 5.41) is 3.78. The van der Waals surface area contributed by atoms with Crippen molar-refractivity contribution in [1.82, 2.24) is 10.3 Å². The number of amides is 1. The number of aromatic nitrogens is 1. The average Bonchev–Trinajstić information content (AvgIpc) is 2.38. The van der Waals surface area contributed by atoms with Gasteiger partial charge in [-0.2, -0.15) is 0 Å². The Morgan fingerprint density at radius 1 is 1.21 bits per heavy atom. The van der Waals surface area contributed by atoms with E-state index in [0.717, 1.165) is 5.56 Å². The van der Waals surface area contributed by atoms with Crippen molar-refractivity contribution >= 4 is 29.1 Å². The molecule has 0 radical (unpaired) electrons. The van der Waals surface area contributed by atoms with Gasteiger partial charge in [-0.3, -0.25) is 4.79 Å². The van der Waals surface area contributed by atoms with Crippen molar-refractivity contribution in [1.29, 1.82) is 0 Å². The minimum atomic E-state index is -0.269. The zero-order valence-electron chi connectivity index (χ0n) is 10.2. The van der Waals surface area contributed by atoms with Gasteiger partial charge in [0, 0.05) is 5.02 Å². The number of halogens is 2. The van der Waals surface area contributed by atoms with Crippen molar-refractivity contribution in [3.05, 3.63) is 63.9 Å². The highest BCUT2D eigenvalue weighted by atomic mass is 35.5. The van der Waals surface area contributed by atoms with E-state index in [0.29, 0.717) is 15.9 Å². The van der Waals surface area contributed by atoms with Crippen LogP contribution in [0.15, 0.2) is 42.5 Å². The van der Waals surface area contributed by atoms with Crippen LogP contribution in [0.25, 0.3) is 0 Å². The number of nitrogens with one attached hydrogen (secondary N) is 1. The van der Waals surface area contributed by atoms with E-state index < -0.39 is 0 Å². The van der Waals surface area contributed by atoms with Gasteiger partial charge in [0.15, 0.2) is 0 Å². The van der Waals surface area contributed by atoms with Gasteiger partial charge >= 0.3 is 0 Å². The van der Waals surface area contributed by atoms with E-state index in [1.165, 1.54) is 0 Å². The van der Waals surface area contributed by atoms with Gasteiger partial charge in [0.25, 0.3) is 5.91 Å². The first kappa shape index (κ1) is 13.8. The summed E-state index contributed by atoms with van der Waals surface area (Å²) < 4.78 is 0. The first-order chi connectivity index (χ1) is 9.06. The molecule has 1 N–H and O–H groups in total. The molecule has 98 valence electrons. The Kier molecular flexibility index (Phi) is 4.40. The van der Waals surface area contributed by atoms with Crippen molar-refractivity contribution in [2.75, 3.05) is 0 Å². The predicted octanol–water partition coefficient (Wildman–Crippen LogP) is 3.88. The maximum atomic E-state index is 12.0. The van der Waals surface area contributed by atoms with Crippen LogP contribution in [0.5, 0.6) is 0 Å². The fourth-order valence-electron chi connectivity index (χ4n) is 1.66. The normalized spacial score (nSPS) is 11.9. The molecule has 0 fully saturated rings. The summed E-state index contributed by atoms with van der Waals surface area (Å²) in [5.74, 6) is -0.269. The van der Waals surface area contributed by atoms with Gasteiger partial charge in [-0.15, -0.1) is 0 Å². The average molecular weight is 295 g/mol. The molecule has 0 aliphatic rings. The van der Waals surface area contributed by atoms with Gasteiger partial charge in [-0.1, -0.05) is 41.4 Å². The molecule has 1 aromatic heterocycles. The molecule has 0 bridgehead atoms. The molecule has 3 nitrogen and oxygen atoms in total. The van der Waals surface area contributed by atoms with E-state index in [9.17, 15) is 4.79 Å².